The van der Waals surface area contributed by atoms with Crippen molar-refractivity contribution in [2.24, 2.45) is 0 Å². The molecule has 0 bridgehead atoms. The summed E-state index contributed by atoms with van der Waals surface area (Å²) < 4.78 is 14.6. The number of esters is 2. The van der Waals surface area contributed by atoms with Gasteiger partial charge in [-0.1, -0.05) is 18.2 Å². The van der Waals surface area contributed by atoms with E-state index in [-0.39, 0.29) is 29.1 Å². The maximum Gasteiger partial charge on any atom is 0.339 e. The van der Waals surface area contributed by atoms with Crippen LogP contribution in [-0.2, 0) is 20.7 Å². The van der Waals surface area contributed by atoms with E-state index in [4.69, 9.17) is 9.47 Å². The molecule has 0 fully saturated rings. The summed E-state index contributed by atoms with van der Waals surface area (Å²) in [6.07, 6.45) is 0.0348. The van der Waals surface area contributed by atoms with Crippen molar-refractivity contribution in [2.45, 2.75) is 6.42 Å². The summed E-state index contributed by atoms with van der Waals surface area (Å²) in [6, 6.07) is 11.3. The van der Waals surface area contributed by atoms with Crippen LogP contribution >= 0.6 is 0 Å². The van der Waals surface area contributed by atoms with Crippen molar-refractivity contribution in [2.75, 3.05) is 26.6 Å². The molecular weight excluding hydrogens is 338 g/mol. The number of benzene rings is 2. The molecule has 0 heterocycles. The first-order valence-corrected chi connectivity index (χ1v) is 7.72. The lowest BCUT2D eigenvalue weighted by Gasteiger charge is -2.12. The van der Waals surface area contributed by atoms with Gasteiger partial charge in [-0.25, -0.2) is 9.59 Å². The Morgan fingerprint density at radius 2 is 1.62 bits per heavy atom. The van der Waals surface area contributed by atoms with E-state index in [1.54, 1.807) is 24.3 Å². The summed E-state index contributed by atoms with van der Waals surface area (Å²) >= 11 is 0. The van der Waals surface area contributed by atoms with Gasteiger partial charge < -0.3 is 19.5 Å². The summed E-state index contributed by atoms with van der Waals surface area (Å²) in [7, 11) is 4.00. The topological polar surface area (TPSA) is 90.9 Å². The second kappa shape index (κ2) is 8.66. The molecule has 0 spiro atoms. The average Bonchev–Trinajstić information content (AvgIpc) is 2.67. The molecule has 1 N–H and O–H groups in total. The van der Waals surface area contributed by atoms with Crippen LogP contribution in [-0.4, -0.2) is 39.2 Å². The number of para-hydroxylation sites is 1. The predicted molar refractivity (Wildman–Crippen MR) is 94.4 cm³/mol. The number of hydrogen-bond acceptors (Lipinski definition) is 6. The molecule has 0 aliphatic carbocycles. The first-order chi connectivity index (χ1) is 12.5. The number of ether oxygens (including phenoxy) is 3. The van der Waals surface area contributed by atoms with E-state index in [0.29, 0.717) is 11.3 Å². The molecule has 136 valence electrons. The average molecular weight is 357 g/mol. The minimum absolute atomic E-state index is 0.0348. The Kier molecular flexibility index (Phi) is 6.32. The van der Waals surface area contributed by atoms with Crippen molar-refractivity contribution in [3.63, 3.8) is 0 Å². The predicted octanol–water partition coefficient (Wildman–Crippen LogP) is 2.45. The van der Waals surface area contributed by atoms with E-state index >= 15 is 0 Å². The standard InChI is InChI=1S/C19H19NO6/c1-24-16-7-5-4-6-12(16)11-17(21)20-15-10-13(18(22)25-2)8-9-14(15)19(23)26-3/h4-10H,11H2,1-3H3,(H,20,21). The van der Waals surface area contributed by atoms with Gasteiger partial charge in [-0.15, -0.1) is 0 Å². The summed E-state index contributed by atoms with van der Waals surface area (Å²) in [5.74, 6) is -1.00. The lowest BCUT2D eigenvalue weighted by atomic mass is 10.1. The first-order valence-electron chi connectivity index (χ1n) is 7.72. The van der Waals surface area contributed by atoms with E-state index in [1.165, 1.54) is 39.5 Å². The number of methoxy groups -OCH3 is 3. The molecule has 26 heavy (non-hydrogen) atoms. The zero-order valence-electron chi connectivity index (χ0n) is 14.7. The molecule has 0 radical (unpaired) electrons. The fourth-order valence-corrected chi connectivity index (χ4v) is 2.40. The third kappa shape index (κ3) is 4.38. The number of nitrogens with one attached hydrogen (secondary N) is 1. The van der Waals surface area contributed by atoms with Crippen LogP contribution in [0.4, 0.5) is 5.69 Å². The molecule has 7 heteroatoms. The molecule has 0 saturated heterocycles. The van der Waals surface area contributed by atoms with Gasteiger partial charge in [-0.05, 0) is 24.3 Å². The molecule has 0 saturated carbocycles. The highest BCUT2D eigenvalue weighted by molar-refractivity contribution is 6.03. The normalized spacial score (nSPS) is 9.96. The highest BCUT2D eigenvalue weighted by Gasteiger charge is 2.18. The molecule has 0 aliphatic heterocycles. The number of anilines is 1. The van der Waals surface area contributed by atoms with Gasteiger partial charge in [-0.2, -0.15) is 0 Å². The Hall–Kier alpha value is -3.35. The lowest BCUT2D eigenvalue weighted by Crippen LogP contribution is -2.18. The molecule has 2 aromatic carbocycles. The molecule has 1 amide bonds. The highest BCUT2D eigenvalue weighted by Crippen LogP contribution is 2.22. The molecule has 0 aromatic heterocycles. The van der Waals surface area contributed by atoms with Crippen LogP contribution < -0.4 is 10.1 Å². The van der Waals surface area contributed by atoms with E-state index in [9.17, 15) is 14.4 Å². The van der Waals surface area contributed by atoms with Gasteiger partial charge in [0.25, 0.3) is 0 Å². The number of hydrogen-bond donors (Lipinski definition) is 1. The van der Waals surface area contributed by atoms with Gasteiger partial charge >= 0.3 is 11.9 Å². The molecule has 7 nitrogen and oxygen atoms in total. The van der Waals surface area contributed by atoms with Crippen LogP contribution in [0.3, 0.4) is 0 Å². The third-order valence-electron chi connectivity index (χ3n) is 3.66. The summed E-state index contributed by atoms with van der Waals surface area (Å²) in [5.41, 5.74) is 1.19. The zero-order valence-corrected chi connectivity index (χ0v) is 14.7. The largest absolute Gasteiger partial charge is 0.496 e. The molecule has 2 aromatic rings. The van der Waals surface area contributed by atoms with Gasteiger partial charge in [-0.3, -0.25) is 4.79 Å². The fourth-order valence-electron chi connectivity index (χ4n) is 2.40. The Labute approximate surface area is 150 Å². The van der Waals surface area contributed by atoms with E-state index in [0.717, 1.165) is 0 Å². The monoisotopic (exact) mass is 357 g/mol. The Bertz CT molecular complexity index is 831. The van der Waals surface area contributed by atoms with E-state index in [1.807, 2.05) is 0 Å². The van der Waals surface area contributed by atoms with Gasteiger partial charge in [0, 0.05) is 5.56 Å². The van der Waals surface area contributed by atoms with Crippen LogP contribution in [0.2, 0.25) is 0 Å². The Morgan fingerprint density at radius 1 is 0.923 bits per heavy atom. The van der Waals surface area contributed by atoms with Crippen molar-refractivity contribution >= 4 is 23.5 Å². The highest BCUT2D eigenvalue weighted by atomic mass is 16.5. The molecule has 0 atom stereocenters. The summed E-state index contributed by atoms with van der Waals surface area (Å²) in [6.45, 7) is 0. The molecule has 2 rings (SSSR count). The van der Waals surface area contributed by atoms with Crippen molar-refractivity contribution in [3.05, 3.63) is 59.2 Å². The fraction of sp³-hybridized carbons (Fsp3) is 0.211. The van der Waals surface area contributed by atoms with Crippen LogP contribution in [0.5, 0.6) is 5.75 Å². The van der Waals surface area contributed by atoms with Gasteiger partial charge in [0.05, 0.1) is 44.6 Å². The minimum Gasteiger partial charge on any atom is -0.496 e. The molecule has 0 aliphatic rings. The second-order valence-electron chi connectivity index (χ2n) is 5.28. The van der Waals surface area contributed by atoms with Gasteiger partial charge in [0.15, 0.2) is 0 Å². The first kappa shape index (κ1) is 19.0. The van der Waals surface area contributed by atoms with Crippen LogP contribution in [0.15, 0.2) is 42.5 Å². The maximum atomic E-state index is 12.4. The number of amides is 1. The number of carbonyl (C=O) groups excluding carboxylic acids is 3. The summed E-state index contributed by atoms with van der Waals surface area (Å²) in [5, 5.41) is 2.64. The van der Waals surface area contributed by atoms with Crippen molar-refractivity contribution < 1.29 is 28.6 Å². The van der Waals surface area contributed by atoms with Crippen LogP contribution in [0, 0.1) is 0 Å². The van der Waals surface area contributed by atoms with Crippen LogP contribution in [0.25, 0.3) is 0 Å². The quantitative estimate of drug-likeness (QED) is 0.799. The number of rotatable bonds is 6. The smallest absolute Gasteiger partial charge is 0.339 e. The lowest BCUT2D eigenvalue weighted by molar-refractivity contribution is -0.115. The maximum absolute atomic E-state index is 12.4. The number of carbonyl (C=O) groups is 3. The van der Waals surface area contributed by atoms with E-state index < -0.39 is 11.9 Å². The van der Waals surface area contributed by atoms with Gasteiger partial charge in [0.1, 0.15) is 5.75 Å². The Morgan fingerprint density at radius 3 is 2.27 bits per heavy atom. The zero-order chi connectivity index (χ0) is 19.1. The minimum atomic E-state index is -0.631. The van der Waals surface area contributed by atoms with Crippen molar-refractivity contribution in [1.82, 2.24) is 0 Å². The second-order valence-corrected chi connectivity index (χ2v) is 5.28. The van der Waals surface area contributed by atoms with E-state index in [2.05, 4.69) is 10.1 Å². The van der Waals surface area contributed by atoms with Crippen molar-refractivity contribution in [1.29, 1.82) is 0 Å². The third-order valence-corrected chi connectivity index (χ3v) is 3.66. The van der Waals surface area contributed by atoms with Gasteiger partial charge in [0.2, 0.25) is 5.91 Å². The summed E-state index contributed by atoms with van der Waals surface area (Å²) in [4.78, 5) is 36.1. The van der Waals surface area contributed by atoms with Crippen molar-refractivity contribution in [3.8, 4) is 5.75 Å². The molecule has 0 unspecified atom stereocenters. The molecular formula is C19H19NO6. The van der Waals surface area contributed by atoms with Crippen LogP contribution in [0.1, 0.15) is 26.3 Å². The Balaban J connectivity index is 2.29. The SMILES string of the molecule is COC(=O)c1ccc(C(=O)OC)c(NC(=O)Cc2ccccc2OC)c1.